The molecule has 2 heterocycles. The smallest absolute Gasteiger partial charge is 0.255 e. The predicted molar refractivity (Wildman–Crippen MR) is 116 cm³/mol. The highest BCUT2D eigenvalue weighted by Crippen LogP contribution is 2.27. The Bertz CT molecular complexity index is 1160. The van der Waals surface area contributed by atoms with E-state index in [9.17, 15) is 4.79 Å². The van der Waals surface area contributed by atoms with Crippen LogP contribution in [0, 0.1) is 0 Å². The Hall–Kier alpha value is -3.46. The van der Waals surface area contributed by atoms with E-state index in [2.05, 4.69) is 27.5 Å². The van der Waals surface area contributed by atoms with E-state index < -0.39 is 0 Å². The highest BCUT2D eigenvalue weighted by molar-refractivity contribution is 7.19. The zero-order chi connectivity index (χ0) is 21.1. The summed E-state index contributed by atoms with van der Waals surface area (Å²) in [5.41, 5.74) is 2.08. The summed E-state index contributed by atoms with van der Waals surface area (Å²) < 4.78 is 12.3. The monoisotopic (exact) mass is 423 g/mol. The molecule has 0 aliphatic heterocycles. The molecule has 0 aliphatic carbocycles. The summed E-state index contributed by atoms with van der Waals surface area (Å²) in [5, 5.41) is 16.7. The van der Waals surface area contributed by atoms with Gasteiger partial charge < -0.3 is 14.8 Å². The van der Waals surface area contributed by atoms with Crippen molar-refractivity contribution in [2.24, 2.45) is 0 Å². The van der Waals surface area contributed by atoms with Gasteiger partial charge in [-0.1, -0.05) is 18.3 Å². The van der Waals surface area contributed by atoms with Gasteiger partial charge in [0.05, 0.1) is 14.2 Å². The van der Waals surface area contributed by atoms with Gasteiger partial charge in [-0.25, -0.2) is 0 Å². The SMILES string of the molecule is CCCc1nnc2sc(-c3ccc(NC(=O)c4cc(OC)cc(OC)c4)cc3)nn12. The number of hydrogen-bond donors (Lipinski definition) is 1. The average Bonchev–Trinajstić information content (AvgIpc) is 3.36. The lowest BCUT2D eigenvalue weighted by Crippen LogP contribution is -2.12. The molecule has 154 valence electrons. The van der Waals surface area contributed by atoms with Gasteiger partial charge >= 0.3 is 0 Å². The third kappa shape index (κ3) is 3.97. The van der Waals surface area contributed by atoms with E-state index in [1.165, 1.54) is 11.3 Å². The standard InChI is InChI=1S/C21H21N5O3S/c1-4-5-18-23-24-21-26(18)25-20(30-21)13-6-8-15(9-7-13)22-19(27)14-10-16(28-2)12-17(11-14)29-3/h6-12H,4-5H2,1-3H3,(H,22,27). The van der Waals surface area contributed by atoms with Crippen molar-refractivity contribution in [3.63, 3.8) is 0 Å². The Morgan fingerprint density at radius 2 is 1.77 bits per heavy atom. The van der Waals surface area contributed by atoms with Crippen molar-refractivity contribution in [2.45, 2.75) is 19.8 Å². The van der Waals surface area contributed by atoms with E-state index in [4.69, 9.17) is 9.47 Å². The van der Waals surface area contributed by atoms with Gasteiger partial charge in [0.1, 0.15) is 16.5 Å². The number of nitrogens with one attached hydrogen (secondary N) is 1. The molecule has 0 fully saturated rings. The number of ether oxygens (including phenoxy) is 2. The summed E-state index contributed by atoms with van der Waals surface area (Å²) in [6.45, 7) is 2.10. The first-order chi connectivity index (χ1) is 14.6. The van der Waals surface area contributed by atoms with Gasteiger partial charge in [-0.15, -0.1) is 10.2 Å². The molecule has 0 atom stereocenters. The van der Waals surface area contributed by atoms with Gasteiger partial charge in [-0.3, -0.25) is 4.79 Å². The molecule has 0 aliphatic rings. The molecule has 0 saturated heterocycles. The number of aryl methyl sites for hydroxylation is 1. The number of anilines is 1. The zero-order valence-corrected chi connectivity index (χ0v) is 17.7. The lowest BCUT2D eigenvalue weighted by atomic mass is 10.1. The molecule has 2 aromatic carbocycles. The molecule has 4 rings (SSSR count). The van der Waals surface area contributed by atoms with Crippen LogP contribution < -0.4 is 14.8 Å². The van der Waals surface area contributed by atoms with Crippen molar-refractivity contribution in [1.29, 1.82) is 0 Å². The van der Waals surface area contributed by atoms with E-state index in [0.29, 0.717) is 22.7 Å². The lowest BCUT2D eigenvalue weighted by molar-refractivity contribution is 0.102. The summed E-state index contributed by atoms with van der Waals surface area (Å²) in [6.07, 6.45) is 1.82. The van der Waals surface area contributed by atoms with Crippen LogP contribution in [0.2, 0.25) is 0 Å². The van der Waals surface area contributed by atoms with Crippen LogP contribution in [0.25, 0.3) is 15.5 Å². The Labute approximate surface area is 177 Å². The van der Waals surface area contributed by atoms with Crippen LogP contribution in [0.1, 0.15) is 29.5 Å². The fourth-order valence-electron chi connectivity index (χ4n) is 2.99. The number of rotatable bonds is 7. The maximum Gasteiger partial charge on any atom is 0.255 e. The molecule has 0 bridgehead atoms. The van der Waals surface area contributed by atoms with Gasteiger partial charge in [0.15, 0.2) is 5.82 Å². The Morgan fingerprint density at radius 3 is 2.40 bits per heavy atom. The third-order valence-electron chi connectivity index (χ3n) is 4.53. The largest absolute Gasteiger partial charge is 0.497 e. The minimum Gasteiger partial charge on any atom is -0.497 e. The predicted octanol–water partition coefficient (Wildman–Crippen LogP) is 4.07. The van der Waals surface area contributed by atoms with Crippen molar-refractivity contribution < 1.29 is 14.3 Å². The molecule has 1 N–H and O–H groups in total. The molecule has 0 radical (unpaired) electrons. The molecular weight excluding hydrogens is 402 g/mol. The van der Waals surface area contributed by atoms with Gasteiger partial charge in [0, 0.05) is 29.3 Å². The van der Waals surface area contributed by atoms with Gasteiger partial charge in [0.2, 0.25) is 4.96 Å². The number of methoxy groups -OCH3 is 2. The summed E-state index contributed by atoms with van der Waals surface area (Å²) in [7, 11) is 3.10. The number of amides is 1. The Kier molecular flexibility index (Phi) is 5.62. The van der Waals surface area contributed by atoms with Crippen LogP contribution in [0.4, 0.5) is 5.69 Å². The molecule has 1 amide bonds. The maximum absolute atomic E-state index is 12.6. The van der Waals surface area contributed by atoms with E-state index in [0.717, 1.165) is 34.2 Å². The van der Waals surface area contributed by atoms with Crippen molar-refractivity contribution in [3.8, 4) is 22.1 Å². The maximum atomic E-state index is 12.6. The zero-order valence-electron chi connectivity index (χ0n) is 16.9. The van der Waals surface area contributed by atoms with Crippen molar-refractivity contribution in [1.82, 2.24) is 19.8 Å². The molecule has 30 heavy (non-hydrogen) atoms. The van der Waals surface area contributed by atoms with E-state index in [1.54, 1.807) is 36.9 Å². The first-order valence-corrected chi connectivity index (χ1v) is 10.3. The molecule has 4 aromatic rings. The second-order valence-electron chi connectivity index (χ2n) is 6.60. The average molecular weight is 423 g/mol. The van der Waals surface area contributed by atoms with Gasteiger partial charge in [0.25, 0.3) is 5.91 Å². The highest BCUT2D eigenvalue weighted by Gasteiger charge is 2.13. The fraction of sp³-hybridized carbons (Fsp3) is 0.238. The van der Waals surface area contributed by atoms with Crippen molar-refractivity contribution >= 4 is 27.9 Å². The molecule has 8 nitrogen and oxygen atoms in total. The first-order valence-electron chi connectivity index (χ1n) is 9.47. The summed E-state index contributed by atoms with van der Waals surface area (Å²) in [6, 6.07) is 12.6. The normalized spacial score (nSPS) is 10.9. The number of nitrogens with zero attached hydrogens (tertiary/aromatic N) is 4. The van der Waals surface area contributed by atoms with Crippen LogP contribution in [-0.4, -0.2) is 39.9 Å². The molecule has 0 saturated carbocycles. The van der Waals surface area contributed by atoms with E-state index >= 15 is 0 Å². The summed E-state index contributed by atoms with van der Waals surface area (Å²) >= 11 is 1.48. The summed E-state index contributed by atoms with van der Waals surface area (Å²) in [5.74, 6) is 1.73. The number of carbonyl (C=O) groups excluding carboxylic acids is 1. The van der Waals surface area contributed by atoms with Crippen molar-refractivity contribution in [2.75, 3.05) is 19.5 Å². The van der Waals surface area contributed by atoms with E-state index in [1.807, 2.05) is 24.3 Å². The third-order valence-corrected chi connectivity index (χ3v) is 5.48. The summed E-state index contributed by atoms with van der Waals surface area (Å²) in [4.78, 5) is 13.4. The molecular formula is C21H21N5O3S. The topological polar surface area (TPSA) is 90.6 Å². The van der Waals surface area contributed by atoms with Gasteiger partial charge in [-0.05, 0) is 42.8 Å². The number of carbonyl (C=O) groups is 1. The second-order valence-corrected chi connectivity index (χ2v) is 7.56. The van der Waals surface area contributed by atoms with E-state index in [-0.39, 0.29) is 5.91 Å². The molecule has 0 spiro atoms. The number of aromatic nitrogens is 4. The second kappa shape index (κ2) is 8.50. The highest BCUT2D eigenvalue weighted by atomic mass is 32.1. The molecule has 0 unspecified atom stereocenters. The minimum absolute atomic E-state index is 0.247. The Morgan fingerprint density at radius 1 is 1.07 bits per heavy atom. The minimum atomic E-state index is -0.247. The van der Waals surface area contributed by atoms with Crippen LogP contribution in [-0.2, 0) is 6.42 Å². The fourth-order valence-corrected chi connectivity index (χ4v) is 3.86. The number of benzene rings is 2. The van der Waals surface area contributed by atoms with Crippen LogP contribution in [0.5, 0.6) is 11.5 Å². The first kappa shape index (κ1) is 19.8. The molecule has 9 heteroatoms. The molecule has 2 aromatic heterocycles. The van der Waals surface area contributed by atoms with Crippen LogP contribution >= 0.6 is 11.3 Å². The quantitative estimate of drug-likeness (QED) is 0.482. The van der Waals surface area contributed by atoms with Gasteiger partial charge in [-0.2, -0.15) is 9.61 Å². The number of hydrogen-bond acceptors (Lipinski definition) is 7. The van der Waals surface area contributed by atoms with Crippen LogP contribution in [0.15, 0.2) is 42.5 Å². The number of fused-ring (bicyclic) bond motifs is 1. The Balaban J connectivity index is 1.52. The van der Waals surface area contributed by atoms with Crippen molar-refractivity contribution in [3.05, 3.63) is 53.9 Å². The lowest BCUT2D eigenvalue weighted by Gasteiger charge is -2.09. The van der Waals surface area contributed by atoms with Crippen LogP contribution in [0.3, 0.4) is 0 Å².